The van der Waals surface area contributed by atoms with E-state index in [0.29, 0.717) is 0 Å². The van der Waals surface area contributed by atoms with Crippen molar-refractivity contribution in [2.45, 2.75) is 26.2 Å². The van der Waals surface area contributed by atoms with Crippen molar-refractivity contribution in [1.82, 2.24) is 19.6 Å². The van der Waals surface area contributed by atoms with Crippen LogP contribution in [0, 0.1) is 24.2 Å². The van der Waals surface area contributed by atoms with Crippen LogP contribution in [0.4, 0.5) is 0 Å². The summed E-state index contributed by atoms with van der Waals surface area (Å²) in [5.41, 5.74) is 4.28. The number of aromatic nitrogens is 4. The number of hydrogen-bond donors (Lipinski definition) is 0. The van der Waals surface area contributed by atoms with Crippen LogP contribution in [-0.2, 0) is 0 Å². The van der Waals surface area contributed by atoms with E-state index in [1.165, 1.54) is 5.57 Å². The van der Waals surface area contributed by atoms with Crippen LogP contribution < -0.4 is 0 Å². The Hall–Kier alpha value is -2.52. The molecular weight excluding hydrogens is 306 g/mol. The van der Waals surface area contributed by atoms with Gasteiger partial charge in [-0.25, -0.2) is 9.50 Å². The third-order valence-electron chi connectivity index (χ3n) is 4.22. The third-order valence-corrected chi connectivity index (χ3v) is 5.16. The van der Waals surface area contributed by atoms with E-state index in [0.717, 1.165) is 45.9 Å². The van der Waals surface area contributed by atoms with Gasteiger partial charge in [0.1, 0.15) is 5.52 Å². The maximum absolute atomic E-state index is 9.07. The molecule has 1 aliphatic rings. The van der Waals surface area contributed by atoms with E-state index in [1.807, 2.05) is 30.0 Å². The lowest BCUT2D eigenvalue weighted by Crippen LogP contribution is -2.05. The molecular formula is C17H15N5S. The van der Waals surface area contributed by atoms with Crippen molar-refractivity contribution in [3.63, 3.8) is 0 Å². The average molecular weight is 321 g/mol. The molecule has 0 saturated carbocycles. The topological polar surface area (TPSA) is 66.9 Å². The van der Waals surface area contributed by atoms with Crippen LogP contribution in [-0.4, -0.2) is 19.6 Å². The zero-order valence-corrected chi connectivity index (χ0v) is 13.5. The maximum atomic E-state index is 9.07. The molecule has 0 bridgehead atoms. The zero-order chi connectivity index (χ0) is 15.8. The van der Waals surface area contributed by atoms with Crippen molar-refractivity contribution >= 4 is 22.4 Å². The van der Waals surface area contributed by atoms with Gasteiger partial charge in [-0.05, 0) is 31.8 Å². The second kappa shape index (κ2) is 5.60. The molecule has 5 nitrogen and oxygen atoms in total. The van der Waals surface area contributed by atoms with E-state index >= 15 is 0 Å². The SMILES string of the molecule is Cc1ncc(-c2cnn3ccnc(C4=CCC(C#N)CC4)c23)s1. The predicted octanol–water partition coefficient (Wildman–Crippen LogP) is 3.87. The molecule has 0 radical (unpaired) electrons. The second-order valence-electron chi connectivity index (χ2n) is 5.70. The van der Waals surface area contributed by atoms with E-state index < -0.39 is 0 Å². The van der Waals surface area contributed by atoms with E-state index in [1.54, 1.807) is 17.5 Å². The number of fused-ring (bicyclic) bond motifs is 1. The van der Waals surface area contributed by atoms with Crippen molar-refractivity contribution in [3.8, 4) is 16.5 Å². The van der Waals surface area contributed by atoms with Crippen molar-refractivity contribution < 1.29 is 0 Å². The van der Waals surface area contributed by atoms with E-state index in [4.69, 9.17) is 5.26 Å². The van der Waals surface area contributed by atoms with E-state index in [9.17, 15) is 0 Å². The van der Waals surface area contributed by atoms with Gasteiger partial charge in [-0.1, -0.05) is 6.08 Å². The monoisotopic (exact) mass is 321 g/mol. The fourth-order valence-electron chi connectivity index (χ4n) is 3.01. The highest BCUT2D eigenvalue weighted by molar-refractivity contribution is 7.15. The molecule has 3 aromatic heterocycles. The molecule has 23 heavy (non-hydrogen) atoms. The fraction of sp³-hybridized carbons (Fsp3) is 0.294. The first-order valence-electron chi connectivity index (χ1n) is 7.60. The first-order chi connectivity index (χ1) is 11.3. The minimum atomic E-state index is 0.131. The van der Waals surface area contributed by atoms with Crippen LogP contribution >= 0.6 is 11.3 Å². The number of hydrogen-bond acceptors (Lipinski definition) is 5. The number of thiazole rings is 1. The van der Waals surface area contributed by atoms with Gasteiger partial charge in [0, 0.05) is 24.2 Å². The molecule has 1 atom stereocenters. The highest BCUT2D eigenvalue weighted by Gasteiger charge is 2.20. The summed E-state index contributed by atoms with van der Waals surface area (Å²) in [5, 5.41) is 14.6. The Balaban J connectivity index is 1.86. The van der Waals surface area contributed by atoms with Crippen molar-refractivity contribution in [2.24, 2.45) is 5.92 Å². The lowest BCUT2D eigenvalue weighted by molar-refractivity contribution is 0.603. The molecule has 0 fully saturated rings. The number of aryl methyl sites for hydroxylation is 1. The van der Waals surface area contributed by atoms with Gasteiger partial charge in [0.05, 0.1) is 33.8 Å². The molecule has 1 aliphatic carbocycles. The highest BCUT2D eigenvalue weighted by Crippen LogP contribution is 2.36. The van der Waals surface area contributed by atoms with E-state index in [-0.39, 0.29) is 5.92 Å². The molecule has 4 rings (SSSR count). The highest BCUT2D eigenvalue weighted by atomic mass is 32.1. The van der Waals surface area contributed by atoms with Crippen molar-refractivity contribution in [3.05, 3.63) is 41.6 Å². The van der Waals surface area contributed by atoms with Gasteiger partial charge in [0.25, 0.3) is 0 Å². The normalized spacial score (nSPS) is 17.9. The Morgan fingerprint density at radius 3 is 2.96 bits per heavy atom. The second-order valence-corrected chi connectivity index (χ2v) is 6.94. The molecule has 3 aromatic rings. The molecule has 0 N–H and O–H groups in total. The summed E-state index contributed by atoms with van der Waals surface area (Å²) in [5.74, 6) is 0.131. The Morgan fingerprint density at radius 1 is 1.35 bits per heavy atom. The standard InChI is InChI=1S/C17H15N5S/c1-11-20-10-15(23-11)14-9-21-22-7-6-19-16(17(14)22)13-4-2-12(8-18)3-5-13/h4,6-7,9-10,12H,2-3,5H2,1H3. The molecule has 0 saturated heterocycles. The summed E-state index contributed by atoms with van der Waals surface area (Å²) in [4.78, 5) is 10.1. The van der Waals surface area contributed by atoms with Crippen LogP contribution in [0.1, 0.15) is 30.0 Å². The molecule has 1 unspecified atom stereocenters. The lowest BCUT2D eigenvalue weighted by atomic mass is 9.88. The van der Waals surface area contributed by atoms with E-state index in [2.05, 4.69) is 27.2 Å². The number of allylic oxidation sites excluding steroid dienone is 2. The molecule has 0 spiro atoms. The van der Waals surface area contributed by atoms with Gasteiger partial charge in [-0.15, -0.1) is 11.3 Å². The Bertz CT molecular complexity index is 943. The zero-order valence-electron chi connectivity index (χ0n) is 12.7. The maximum Gasteiger partial charge on any atom is 0.101 e. The summed E-state index contributed by atoms with van der Waals surface area (Å²) in [6.07, 6.45) is 12.2. The number of rotatable bonds is 2. The largest absolute Gasteiger partial charge is 0.253 e. The van der Waals surface area contributed by atoms with Crippen LogP contribution in [0.3, 0.4) is 0 Å². The summed E-state index contributed by atoms with van der Waals surface area (Å²) in [7, 11) is 0. The van der Waals surface area contributed by atoms with Crippen LogP contribution in [0.5, 0.6) is 0 Å². The third kappa shape index (κ3) is 2.43. The minimum Gasteiger partial charge on any atom is -0.253 e. The van der Waals surface area contributed by atoms with Crippen LogP contribution in [0.25, 0.3) is 21.5 Å². The molecule has 3 heterocycles. The van der Waals surface area contributed by atoms with Gasteiger partial charge in [-0.2, -0.15) is 10.4 Å². The lowest BCUT2D eigenvalue weighted by Gasteiger charge is -2.17. The summed E-state index contributed by atoms with van der Waals surface area (Å²) in [6, 6.07) is 2.36. The summed E-state index contributed by atoms with van der Waals surface area (Å²) >= 11 is 1.66. The number of nitriles is 1. The average Bonchev–Trinajstić information content (AvgIpc) is 3.20. The van der Waals surface area contributed by atoms with Gasteiger partial charge < -0.3 is 0 Å². The molecule has 0 aliphatic heterocycles. The van der Waals surface area contributed by atoms with Crippen molar-refractivity contribution in [1.29, 1.82) is 5.26 Å². The Labute approximate surface area is 137 Å². The molecule has 6 heteroatoms. The smallest absolute Gasteiger partial charge is 0.101 e. The minimum absolute atomic E-state index is 0.131. The van der Waals surface area contributed by atoms with Crippen molar-refractivity contribution in [2.75, 3.05) is 0 Å². The number of nitrogens with zero attached hydrogens (tertiary/aromatic N) is 5. The molecule has 0 amide bonds. The first-order valence-corrected chi connectivity index (χ1v) is 8.42. The van der Waals surface area contributed by atoms with Gasteiger partial charge >= 0.3 is 0 Å². The summed E-state index contributed by atoms with van der Waals surface area (Å²) in [6.45, 7) is 2.00. The quantitative estimate of drug-likeness (QED) is 0.718. The van der Waals surface area contributed by atoms with Gasteiger partial charge in [0.15, 0.2) is 0 Å². The summed E-state index contributed by atoms with van der Waals surface area (Å²) < 4.78 is 1.88. The fourth-order valence-corrected chi connectivity index (χ4v) is 3.80. The van der Waals surface area contributed by atoms with Gasteiger partial charge in [0.2, 0.25) is 0 Å². The predicted molar refractivity (Wildman–Crippen MR) is 89.8 cm³/mol. The Kier molecular flexibility index (Phi) is 3.43. The Morgan fingerprint density at radius 2 is 2.26 bits per heavy atom. The molecule has 0 aromatic carbocycles. The first kappa shape index (κ1) is 14.1. The van der Waals surface area contributed by atoms with Crippen LogP contribution in [0.2, 0.25) is 0 Å². The molecule has 114 valence electrons. The van der Waals surface area contributed by atoms with Crippen LogP contribution in [0.15, 0.2) is 30.9 Å². The van der Waals surface area contributed by atoms with Gasteiger partial charge in [-0.3, -0.25) is 4.98 Å².